The summed E-state index contributed by atoms with van der Waals surface area (Å²) in [6.45, 7) is 0. The van der Waals surface area contributed by atoms with E-state index in [1.165, 1.54) is 23.6 Å². The lowest BCUT2D eigenvalue weighted by atomic mass is 10.1. The summed E-state index contributed by atoms with van der Waals surface area (Å²) in [5.74, 6) is 2.34. The fourth-order valence-corrected chi connectivity index (χ4v) is 5.87. The number of hydrogen-bond acceptors (Lipinski definition) is 3. The molecule has 1 aliphatic rings. The molecule has 6 heteroatoms. The van der Waals surface area contributed by atoms with Gasteiger partial charge >= 0.3 is 6.18 Å². The molecule has 1 heterocycles. The van der Waals surface area contributed by atoms with Gasteiger partial charge in [0, 0.05) is 16.8 Å². The third kappa shape index (κ3) is 5.63. The number of alkyl halides is 3. The van der Waals surface area contributed by atoms with Crippen LogP contribution in [0, 0.1) is 0 Å². The van der Waals surface area contributed by atoms with Crippen LogP contribution < -0.4 is 0 Å². The van der Waals surface area contributed by atoms with Gasteiger partial charge in [-0.25, -0.2) is 0 Å². The summed E-state index contributed by atoms with van der Waals surface area (Å²) in [7, 11) is 0. The molecule has 1 aromatic carbocycles. The molecule has 0 unspecified atom stereocenters. The third-order valence-electron chi connectivity index (χ3n) is 3.13. The minimum Gasteiger partial charge on any atom is -0.166 e. The molecule has 0 radical (unpaired) electrons. The van der Waals surface area contributed by atoms with Gasteiger partial charge in [-0.2, -0.15) is 24.9 Å². The van der Waals surface area contributed by atoms with E-state index in [2.05, 4.69) is 12.3 Å². The maximum atomic E-state index is 12.4. The molecule has 1 saturated heterocycles. The van der Waals surface area contributed by atoms with Crippen LogP contribution in [0.2, 0.25) is 0 Å². The first kappa shape index (κ1) is 17.9. The number of hydrogen-bond donors (Lipinski definition) is 0. The largest absolute Gasteiger partial charge is 0.416 e. The number of thioether (sulfide) groups is 3. The maximum absolute atomic E-state index is 12.4. The molecule has 120 valence electrons. The van der Waals surface area contributed by atoms with Crippen molar-refractivity contribution in [3.63, 3.8) is 0 Å². The summed E-state index contributed by atoms with van der Waals surface area (Å²) >= 11 is 5.80. The van der Waals surface area contributed by atoms with E-state index >= 15 is 0 Å². The summed E-state index contributed by atoms with van der Waals surface area (Å²) < 4.78 is 37.8. The van der Waals surface area contributed by atoms with Gasteiger partial charge in [0.05, 0.1) is 10.1 Å². The predicted octanol–water partition coefficient (Wildman–Crippen LogP) is 5.81. The van der Waals surface area contributed by atoms with Crippen LogP contribution >= 0.6 is 35.3 Å². The smallest absolute Gasteiger partial charge is 0.166 e. The van der Waals surface area contributed by atoms with Crippen molar-refractivity contribution in [2.24, 2.45) is 0 Å². The van der Waals surface area contributed by atoms with Crippen LogP contribution in [-0.4, -0.2) is 27.6 Å². The van der Waals surface area contributed by atoms with Crippen LogP contribution in [0.5, 0.6) is 0 Å². The zero-order valence-electron chi connectivity index (χ0n) is 12.0. The van der Waals surface area contributed by atoms with Crippen LogP contribution in [0.4, 0.5) is 13.2 Å². The van der Waals surface area contributed by atoms with Crippen molar-refractivity contribution in [3.8, 4) is 0 Å². The van der Waals surface area contributed by atoms with Gasteiger partial charge in [-0.3, -0.25) is 0 Å². The molecule has 0 bridgehead atoms. The number of halogens is 3. The molecule has 1 fully saturated rings. The molecular formula is C16H17F3S3. The van der Waals surface area contributed by atoms with E-state index in [1.807, 2.05) is 53.5 Å². The first-order valence-corrected chi connectivity index (χ1v) is 10.2. The molecule has 0 atom stereocenters. The number of rotatable bonds is 4. The first-order chi connectivity index (χ1) is 10.5. The lowest BCUT2D eigenvalue weighted by Gasteiger charge is -2.24. The Morgan fingerprint density at radius 3 is 2.27 bits per heavy atom. The Balaban J connectivity index is 1.83. The van der Waals surface area contributed by atoms with Gasteiger partial charge in [0.15, 0.2) is 0 Å². The van der Waals surface area contributed by atoms with Crippen LogP contribution in [-0.2, 0) is 6.18 Å². The van der Waals surface area contributed by atoms with E-state index in [-0.39, 0.29) is 0 Å². The average molecular weight is 363 g/mol. The van der Waals surface area contributed by atoms with Crippen LogP contribution in [0.25, 0.3) is 6.08 Å². The summed E-state index contributed by atoms with van der Waals surface area (Å²) in [5.41, 5.74) is 0.155. The Hall–Kier alpha value is -0.460. The van der Waals surface area contributed by atoms with E-state index in [1.54, 1.807) is 0 Å². The molecule has 0 aromatic heterocycles. The summed E-state index contributed by atoms with van der Waals surface area (Å²) in [5, 5.41) is 0.738. The van der Waals surface area contributed by atoms with Gasteiger partial charge in [-0.15, -0.1) is 23.5 Å². The van der Waals surface area contributed by atoms with Crippen molar-refractivity contribution in [1.82, 2.24) is 0 Å². The Morgan fingerprint density at radius 1 is 1.09 bits per heavy atom. The molecular weight excluding hydrogens is 345 g/mol. The molecule has 0 saturated carbocycles. The molecule has 0 nitrogen and oxygen atoms in total. The van der Waals surface area contributed by atoms with E-state index in [0.717, 1.165) is 22.9 Å². The van der Waals surface area contributed by atoms with Gasteiger partial charge < -0.3 is 0 Å². The fourth-order valence-electron chi connectivity index (χ4n) is 1.85. The topological polar surface area (TPSA) is 0 Å². The Morgan fingerprint density at radius 2 is 1.73 bits per heavy atom. The second-order valence-electron chi connectivity index (χ2n) is 4.76. The van der Waals surface area contributed by atoms with Crippen LogP contribution in [0.15, 0.2) is 42.5 Å². The second kappa shape index (κ2) is 8.41. The van der Waals surface area contributed by atoms with Gasteiger partial charge in [-0.05, 0) is 24.0 Å². The highest BCUT2D eigenvalue weighted by molar-refractivity contribution is 8.19. The summed E-state index contributed by atoms with van der Waals surface area (Å²) in [6, 6.07) is 5.19. The van der Waals surface area contributed by atoms with E-state index in [4.69, 9.17) is 0 Å². The van der Waals surface area contributed by atoms with Crippen LogP contribution in [0.3, 0.4) is 0 Å². The summed E-state index contributed by atoms with van der Waals surface area (Å²) in [6.07, 6.45) is 5.69. The zero-order chi connectivity index (χ0) is 16.0. The van der Waals surface area contributed by atoms with E-state index in [9.17, 15) is 13.2 Å². The van der Waals surface area contributed by atoms with Crippen molar-refractivity contribution in [2.45, 2.75) is 16.0 Å². The van der Waals surface area contributed by atoms with Gasteiger partial charge in [0.1, 0.15) is 0 Å². The molecule has 2 rings (SSSR count). The van der Waals surface area contributed by atoms with Crippen molar-refractivity contribution < 1.29 is 13.2 Å². The van der Waals surface area contributed by atoms with Crippen molar-refractivity contribution in [2.75, 3.05) is 17.8 Å². The molecule has 0 aliphatic carbocycles. The van der Waals surface area contributed by atoms with Gasteiger partial charge in [0.2, 0.25) is 0 Å². The molecule has 0 spiro atoms. The van der Waals surface area contributed by atoms with E-state index in [0.29, 0.717) is 4.58 Å². The monoisotopic (exact) mass is 362 g/mol. The van der Waals surface area contributed by atoms with Crippen molar-refractivity contribution >= 4 is 41.4 Å². The Bertz CT molecular complexity index is 512. The third-order valence-corrected chi connectivity index (χ3v) is 7.53. The quantitative estimate of drug-likeness (QED) is 0.620. The lowest BCUT2D eigenvalue weighted by Crippen LogP contribution is -2.18. The molecule has 1 aliphatic heterocycles. The number of allylic oxidation sites excluding steroid dienone is 2. The highest BCUT2D eigenvalue weighted by Gasteiger charge is 2.29. The zero-order valence-corrected chi connectivity index (χ0v) is 14.5. The molecule has 1 aromatic rings. The first-order valence-electron chi connectivity index (χ1n) is 6.77. The van der Waals surface area contributed by atoms with Gasteiger partial charge in [-0.1, -0.05) is 36.4 Å². The lowest BCUT2D eigenvalue weighted by molar-refractivity contribution is -0.137. The minimum atomic E-state index is -4.27. The normalized spacial score (nSPS) is 23.5. The highest BCUT2D eigenvalue weighted by Crippen LogP contribution is 2.35. The highest BCUT2D eigenvalue weighted by atomic mass is 32.2. The van der Waals surface area contributed by atoms with Crippen molar-refractivity contribution in [3.05, 3.63) is 53.6 Å². The number of benzene rings is 1. The SMILES string of the molecule is CSC1CSC(C=CC=Cc2ccc(C(F)(F)F)cc2)SC1. The standard InChI is InChI=1S/C16H17F3S3/c1-20-14-10-21-15(22-11-14)5-3-2-4-12-6-8-13(9-7-12)16(17,18)19/h2-9,14-15H,10-11H2,1H3. The van der Waals surface area contributed by atoms with Crippen LogP contribution in [0.1, 0.15) is 11.1 Å². The van der Waals surface area contributed by atoms with E-state index < -0.39 is 11.7 Å². The average Bonchev–Trinajstić information content (AvgIpc) is 2.52. The summed E-state index contributed by atoms with van der Waals surface area (Å²) in [4.78, 5) is 0. The molecule has 0 N–H and O–H groups in total. The Kier molecular flexibility index (Phi) is 6.84. The predicted molar refractivity (Wildman–Crippen MR) is 95.6 cm³/mol. The maximum Gasteiger partial charge on any atom is 0.416 e. The van der Waals surface area contributed by atoms with Crippen molar-refractivity contribution in [1.29, 1.82) is 0 Å². The minimum absolute atomic E-state index is 0.473. The molecule has 0 amide bonds. The molecule has 22 heavy (non-hydrogen) atoms. The van der Waals surface area contributed by atoms with Gasteiger partial charge in [0.25, 0.3) is 0 Å². The Labute approximate surface area is 142 Å². The second-order valence-corrected chi connectivity index (χ2v) is 8.54. The fraction of sp³-hybridized carbons (Fsp3) is 0.375.